The van der Waals surface area contributed by atoms with E-state index >= 15 is 0 Å². The van der Waals surface area contributed by atoms with Crippen LogP contribution in [0.15, 0.2) is 28.7 Å². The Morgan fingerprint density at radius 2 is 2.19 bits per heavy atom. The normalized spacial score (nSPS) is 25.3. The Balaban J connectivity index is 1.51. The molecule has 1 saturated carbocycles. The Bertz CT molecular complexity index is 474. The topological polar surface area (TPSA) is 24.5 Å². The van der Waals surface area contributed by atoms with E-state index in [1.807, 2.05) is 24.3 Å². The van der Waals surface area contributed by atoms with Crippen molar-refractivity contribution in [3.05, 3.63) is 28.7 Å². The Labute approximate surface area is 136 Å². The summed E-state index contributed by atoms with van der Waals surface area (Å²) in [5, 5.41) is 3.80. The van der Waals surface area contributed by atoms with Gasteiger partial charge in [-0.05, 0) is 38.0 Å². The minimum atomic E-state index is 0.391. The van der Waals surface area contributed by atoms with Crippen LogP contribution in [0.4, 0.5) is 0 Å². The highest BCUT2D eigenvalue weighted by Crippen LogP contribution is 2.33. The number of piperazine rings is 1. The van der Waals surface area contributed by atoms with Gasteiger partial charge in [-0.15, -0.1) is 0 Å². The van der Waals surface area contributed by atoms with Crippen LogP contribution < -0.4 is 10.1 Å². The molecule has 2 fully saturated rings. The summed E-state index contributed by atoms with van der Waals surface area (Å²) in [4.78, 5) is 2.60. The molecule has 2 aliphatic rings. The van der Waals surface area contributed by atoms with E-state index in [1.54, 1.807) is 0 Å². The zero-order valence-electron chi connectivity index (χ0n) is 12.8. The highest BCUT2D eigenvalue weighted by Gasteiger charge is 2.39. The fourth-order valence-corrected chi connectivity index (χ4v) is 4.00. The molecule has 0 amide bonds. The fourth-order valence-electron chi connectivity index (χ4n) is 3.62. The number of nitrogens with one attached hydrogen (secondary N) is 1. The van der Waals surface area contributed by atoms with Crippen LogP contribution in [0, 0.1) is 0 Å². The van der Waals surface area contributed by atoms with Crippen LogP contribution in [0.1, 0.15) is 32.6 Å². The maximum absolute atomic E-state index is 5.90. The second kappa shape index (κ2) is 6.67. The molecular weight excluding hydrogens is 328 g/mol. The maximum Gasteiger partial charge on any atom is 0.120 e. The molecule has 1 aromatic rings. The Morgan fingerprint density at radius 1 is 1.38 bits per heavy atom. The molecule has 1 atom stereocenters. The summed E-state index contributed by atoms with van der Waals surface area (Å²) in [5.74, 6) is 0.947. The molecule has 21 heavy (non-hydrogen) atoms. The average molecular weight is 353 g/mol. The zero-order chi connectivity index (χ0) is 14.7. The Kier molecular flexibility index (Phi) is 4.87. The van der Waals surface area contributed by atoms with Gasteiger partial charge in [0.2, 0.25) is 0 Å². The molecule has 0 radical (unpaired) electrons. The Morgan fingerprint density at radius 3 is 2.95 bits per heavy atom. The van der Waals surface area contributed by atoms with E-state index in [1.165, 1.54) is 32.2 Å². The maximum atomic E-state index is 5.90. The van der Waals surface area contributed by atoms with Gasteiger partial charge in [0.05, 0.1) is 0 Å². The van der Waals surface area contributed by atoms with Crippen LogP contribution in [-0.4, -0.2) is 42.7 Å². The van der Waals surface area contributed by atoms with Crippen molar-refractivity contribution < 1.29 is 4.74 Å². The number of hydrogen-bond donors (Lipinski definition) is 1. The molecule has 116 valence electrons. The first-order chi connectivity index (χ1) is 10.2. The summed E-state index contributed by atoms with van der Waals surface area (Å²) in [7, 11) is 0. The lowest BCUT2D eigenvalue weighted by Crippen LogP contribution is -2.62. The number of ether oxygens (including phenoxy) is 1. The third-order valence-corrected chi connectivity index (χ3v) is 5.40. The SMILES string of the molecule is CC1CNC2(CCCC2)CN1CCOc1cccc(Br)c1. The monoisotopic (exact) mass is 352 g/mol. The molecule has 1 aliphatic carbocycles. The summed E-state index contributed by atoms with van der Waals surface area (Å²) in [6, 6.07) is 8.68. The second-order valence-electron chi connectivity index (χ2n) is 6.49. The summed E-state index contributed by atoms with van der Waals surface area (Å²) in [6.07, 6.45) is 5.43. The fraction of sp³-hybridized carbons (Fsp3) is 0.647. The highest BCUT2D eigenvalue weighted by atomic mass is 79.9. The molecule has 1 aromatic carbocycles. The Hall–Kier alpha value is -0.580. The van der Waals surface area contributed by atoms with Crippen LogP contribution in [0.3, 0.4) is 0 Å². The highest BCUT2D eigenvalue weighted by molar-refractivity contribution is 9.10. The first-order valence-electron chi connectivity index (χ1n) is 8.04. The van der Waals surface area contributed by atoms with E-state index in [4.69, 9.17) is 4.74 Å². The van der Waals surface area contributed by atoms with Gasteiger partial charge >= 0.3 is 0 Å². The minimum Gasteiger partial charge on any atom is -0.492 e. The molecule has 3 rings (SSSR count). The molecule has 1 saturated heterocycles. The van der Waals surface area contributed by atoms with Crippen molar-refractivity contribution in [3.8, 4) is 5.75 Å². The predicted octanol–water partition coefficient (Wildman–Crippen LogP) is 3.43. The van der Waals surface area contributed by atoms with E-state index < -0.39 is 0 Å². The number of hydrogen-bond acceptors (Lipinski definition) is 3. The molecule has 1 N–H and O–H groups in total. The van der Waals surface area contributed by atoms with Crippen molar-refractivity contribution in [2.75, 3.05) is 26.2 Å². The van der Waals surface area contributed by atoms with Crippen molar-refractivity contribution >= 4 is 15.9 Å². The van der Waals surface area contributed by atoms with Crippen LogP contribution in [0.25, 0.3) is 0 Å². The van der Waals surface area contributed by atoms with Gasteiger partial charge < -0.3 is 10.1 Å². The summed E-state index contributed by atoms with van der Waals surface area (Å²) >= 11 is 3.48. The number of nitrogens with zero attached hydrogens (tertiary/aromatic N) is 1. The number of halogens is 1. The zero-order valence-corrected chi connectivity index (χ0v) is 14.4. The third kappa shape index (κ3) is 3.79. The quantitative estimate of drug-likeness (QED) is 0.898. The first kappa shape index (κ1) is 15.3. The van der Waals surface area contributed by atoms with Gasteiger partial charge in [0, 0.05) is 35.7 Å². The van der Waals surface area contributed by atoms with E-state index in [-0.39, 0.29) is 0 Å². The summed E-state index contributed by atoms with van der Waals surface area (Å²) in [5.41, 5.74) is 0.391. The lowest BCUT2D eigenvalue weighted by Gasteiger charge is -2.45. The lowest BCUT2D eigenvalue weighted by atomic mass is 9.92. The lowest BCUT2D eigenvalue weighted by molar-refractivity contribution is 0.0756. The van der Waals surface area contributed by atoms with Crippen LogP contribution in [0.5, 0.6) is 5.75 Å². The standard InChI is InChI=1S/C17H25BrN2O/c1-14-12-19-17(7-2-3-8-17)13-20(14)9-10-21-16-6-4-5-15(18)11-16/h4-6,11,14,19H,2-3,7-10,12-13H2,1H3. The van der Waals surface area contributed by atoms with Crippen molar-refractivity contribution in [1.29, 1.82) is 0 Å². The van der Waals surface area contributed by atoms with E-state index in [2.05, 4.69) is 33.1 Å². The number of benzene rings is 1. The van der Waals surface area contributed by atoms with Gasteiger partial charge in [-0.25, -0.2) is 0 Å². The number of rotatable bonds is 4. The molecule has 3 nitrogen and oxygen atoms in total. The van der Waals surface area contributed by atoms with Crippen molar-refractivity contribution in [1.82, 2.24) is 10.2 Å². The molecule has 1 heterocycles. The van der Waals surface area contributed by atoms with Gasteiger partial charge in [0.25, 0.3) is 0 Å². The van der Waals surface area contributed by atoms with E-state index in [0.717, 1.165) is 29.9 Å². The van der Waals surface area contributed by atoms with E-state index in [0.29, 0.717) is 11.6 Å². The second-order valence-corrected chi connectivity index (χ2v) is 7.41. The van der Waals surface area contributed by atoms with Gasteiger partial charge in [-0.3, -0.25) is 4.90 Å². The average Bonchev–Trinajstić information content (AvgIpc) is 2.91. The van der Waals surface area contributed by atoms with Crippen molar-refractivity contribution in [2.45, 2.75) is 44.2 Å². The molecule has 0 bridgehead atoms. The smallest absolute Gasteiger partial charge is 0.120 e. The molecule has 1 aliphatic heterocycles. The van der Waals surface area contributed by atoms with Crippen molar-refractivity contribution in [3.63, 3.8) is 0 Å². The van der Waals surface area contributed by atoms with Gasteiger partial charge in [-0.1, -0.05) is 34.8 Å². The summed E-state index contributed by atoms with van der Waals surface area (Å²) < 4.78 is 6.97. The third-order valence-electron chi connectivity index (χ3n) is 4.91. The van der Waals surface area contributed by atoms with Gasteiger partial charge in [-0.2, -0.15) is 0 Å². The summed E-state index contributed by atoms with van der Waals surface area (Å²) in [6.45, 7) is 6.37. The largest absolute Gasteiger partial charge is 0.492 e. The van der Waals surface area contributed by atoms with Crippen molar-refractivity contribution in [2.24, 2.45) is 0 Å². The first-order valence-corrected chi connectivity index (χ1v) is 8.84. The van der Waals surface area contributed by atoms with Gasteiger partial charge in [0.1, 0.15) is 12.4 Å². The molecule has 0 aromatic heterocycles. The van der Waals surface area contributed by atoms with E-state index in [9.17, 15) is 0 Å². The van der Waals surface area contributed by atoms with Gasteiger partial charge in [0.15, 0.2) is 0 Å². The predicted molar refractivity (Wildman–Crippen MR) is 89.9 cm³/mol. The minimum absolute atomic E-state index is 0.391. The van der Waals surface area contributed by atoms with Crippen LogP contribution in [0.2, 0.25) is 0 Å². The molecule has 4 heteroatoms. The molecular formula is C17H25BrN2O. The van der Waals surface area contributed by atoms with Crippen LogP contribution >= 0.6 is 15.9 Å². The van der Waals surface area contributed by atoms with Crippen LogP contribution in [-0.2, 0) is 0 Å². The molecule has 1 unspecified atom stereocenters. The molecule has 1 spiro atoms.